The van der Waals surface area contributed by atoms with Gasteiger partial charge in [0.25, 0.3) is 0 Å². The number of aromatic amines is 1. The maximum atomic E-state index is 13.4. The fourth-order valence-electron chi connectivity index (χ4n) is 3.94. The number of benzene rings is 1. The van der Waals surface area contributed by atoms with Gasteiger partial charge in [-0.1, -0.05) is 6.92 Å². The third-order valence-electron chi connectivity index (χ3n) is 5.94. The van der Waals surface area contributed by atoms with Gasteiger partial charge < -0.3 is 15.6 Å². The van der Waals surface area contributed by atoms with E-state index in [1.807, 2.05) is 13.0 Å². The number of piperidine rings is 1. The van der Waals surface area contributed by atoms with Gasteiger partial charge in [0, 0.05) is 37.1 Å². The number of hydrogen-bond donors (Lipinski definition) is 3. The van der Waals surface area contributed by atoms with Crippen molar-refractivity contribution in [2.24, 2.45) is 11.7 Å². The minimum absolute atomic E-state index is 0.0501. The van der Waals surface area contributed by atoms with Crippen LogP contribution in [0.5, 0.6) is 0 Å². The quantitative estimate of drug-likeness (QED) is 0.518. The summed E-state index contributed by atoms with van der Waals surface area (Å²) in [5, 5.41) is 0.705. The molecular formula is C22H28N6O3S. The monoisotopic (exact) mass is 456 g/mol. The Balaban J connectivity index is 1.65. The van der Waals surface area contributed by atoms with Crippen molar-refractivity contribution < 1.29 is 13.2 Å². The number of nitrogens with zero attached hydrogens (tertiary/aromatic N) is 3. The molecule has 1 amide bonds. The van der Waals surface area contributed by atoms with Crippen LogP contribution in [-0.2, 0) is 14.8 Å². The van der Waals surface area contributed by atoms with Crippen molar-refractivity contribution in [1.82, 2.24) is 24.6 Å². The molecule has 0 saturated carbocycles. The number of nitrogens with one attached hydrogen (secondary N) is 2. The zero-order valence-electron chi connectivity index (χ0n) is 18.2. The molecule has 4 rings (SSSR count). The molecule has 0 bridgehead atoms. The Morgan fingerprint density at radius 1 is 1.25 bits per heavy atom. The predicted molar refractivity (Wildman–Crippen MR) is 121 cm³/mol. The van der Waals surface area contributed by atoms with Gasteiger partial charge in [-0.05, 0) is 55.5 Å². The second-order valence-corrected chi connectivity index (χ2v) is 10.2. The highest BCUT2D eigenvalue weighted by molar-refractivity contribution is 7.89. The predicted octanol–water partition coefficient (Wildman–Crippen LogP) is 1.87. The minimum atomic E-state index is -4.04. The van der Waals surface area contributed by atoms with Gasteiger partial charge in [0.2, 0.25) is 15.9 Å². The molecule has 1 aliphatic rings. The van der Waals surface area contributed by atoms with E-state index in [1.165, 1.54) is 12.3 Å². The van der Waals surface area contributed by atoms with Crippen molar-refractivity contribution in [3.8, 4) is 0 Å². The summed E-state index contributed by atoms with van der Waals surface area (Å²) in [6, 6.07) is 4.41. The van der Waals surface area contributed by atoms with E-state index < -0.39 is 22.1 Å². The number of fused-ring (bicyclic) bond motifs is 1. The summed E-state index contributed by atoms with van der Waals surface area (Å²) in [5.74, 6) is 0.528. The molecule has 10 heteroatoms. The summed E-state index contributed by atoms with van der Waals surface area (Å²) in [5.41, 5.74) is 7.95. The topological polar surface area (TPSA) is 134 Å². The molecule has 1 aromatic carbocycles. The summed E-state index contributed by atoms with van der Waals surface area (Å²) < 4.78 is 29.2. The van der Waals surface area contributed by atoms with Gasteiger partial charge in [0.05, 0.1) is 16.5 Å². The van der Waals surface area contributed by atoms with Crippen molar-refractivity contribution in [3.63, 3.8) is 0 Å². The van der Waals surface area contributed by atoms with Gasteiger partial charge in [0.1, 0.15) is 11.9 Å². The Morgan fingerprint density at radius 3 is 2.69 bits per heavy atom. The summed E-state index contributed by atoms with van der Waals surface area (Å²) in [6.07, 6.45) is 6.58. The number of H-pyrrole nitrogens is 1. The molecule has 4 N–H and O–H groups in total. The van der Waals surface area contributed by atoms with Crippen molar-refractivity contribution in [2.45, 2.75) is 43.7 Å². The number of carbonyl (C=O) groups excluding carboxylic acids is 1. The standard InChI is InChI=1S/C22H28N6O3S/c1-14-5-9-28(10-6-14)22(29)20(19(23)21-24-7-8-25-21)27-32(30,31)17-3-4-18-16(12-17)11-15(2)13-26-18/h3-4,7-8,11-14,19-20,27H,5-6,9-10,23H2,1-2H3,(H,24,25). The van der Waals surface area contributed by atoms with Crippen LogP contribution in [0.3, 0.4) is 0 Å². The number of hydrogen-bond acceptors (Lipinski definition) is 6. The Labute approximate surface area is 187 Å². The van der Waals surface area contributed by atoms with E-state index in [0.717, 1.165) is 18.4 Å². The average Bonchev–Trinajstić information content (AvgIpc) is 3.31. The molecule has 2 atom stereocenters. The van der Waals surface area contributed by atoms with Crippen molar-refractivity contribution in [3.05, 3.63) is 54.2 Å². The van der Waals surface area contributed by atoms with Crippen LogP contribution in [0.15, 0.2) is 47.8 Å². The number of likely N-dealkylation sites (tertiary alicyclic amines) is 1. The molecule has 2 unspecified atom stereocenters. The van der Waals surface area contributed by atoms with E-state index in [2.05, 4.69) is 26.6 Å². The van der Waals surface area contributed by atoms with E-state index in [9.17, 15) is 13.2 Å². The third-order valence-corrected chi connectivity index (χ3v) is 7.38. The first-order chi connectivity index (χ1) is 15.2. The van der Waals surface area contributed by atoms with Crippen LogP contribution in [-0.4, -0.2) is 53.3 Å². The third kappa shape index (κ3) is 4.67. The van der Waals surface area contributed by atoms with Crippen LogP contribution in [0.1, 0.15) is 37.2 Å². The highest BCUT2D eigenvalue weighted by atomic mass is 32.2. The van der Waals surface area contributed by atoms with Crippen molar-refractivity contribution in [2.75, 3.05) is 13.1 Å². The molecule has 1 saturated heterocycles. The summed E-state index contributed by atoms with van der Waals surface area (Å²) in [4.78, 5) is 26.4. The van der Waals surface area contributed by atoms with Crippen molar-refractivity contribution in [1.29, 1.82) is 0 Å². The summed E-state index contributed by atoms with van der Waals surface area (Å²) in [6.45, 7) is 5.18. The van der Waals surface area contributed by atoms with E-state index in [4.69, 9.17) is 5.73 Å². The molecule has 170 valence electrons. The Morgan fingerprint density at radius 2 is 2.00 bits per heavy atom. The van der Waals surface area contributed by atoms with Gasteiger partial charge in [-0.15, -0.1) is 0 Å². The lowest BCUT2D eigenvalue weighted by Gasteiger charge is -2.34. The highest BCUT2D eigenvalue weighted by Crippen LogP contribution is 2.23. The maximum absolute atomic E-state index is 13.4. The van der Waals surface area contributed by atoms with Crippen LogP contribution in [0.4, 0.5) is 0 Å². The molecule has 32 heavy (non-hydrogen) atoms. The number of rotatable bonds is 6. The lowest BCUT2D eigenvalue weighted by molar-refractivity contribution is -0.134. The summed E-state index contributed by atoms with van der Waals surface area (Å²) in [7, 11) is -4.04. The largest absolute Gasteiger partial charge is 0.347 e. The normalized spacial score (nSPS) is 17.4. The van der Waals surface area contributed by atoms with Gasteiger partial charge in [0.15, 0.2) is 0 Å². The molecule has 3 aromatic rings. The first kappa shape index (κ1) is 22.4. The Bertz CT molecular complexity index is 1200. The van der Waals surface area contributed by atoms with Crippen LogP contribution < -0.4 is 10.5 Å². The lowest BCUT2D eigenvalue weighted by atomic mass is 9.98. The molecule has 0 aliphatic carbocycles. The van der Waals surface area contributed by atoms with E-state index in [-0.39, 0.29) is 10.8 Å². The second-order valence-electron chi connectivity index (χ2n) is 8.47. The number of nitrogens with two attached hydrogens (primary N) is 1. The SMILES string of the molecule is Cc1cnc2ccc(S(=O)(=O)NC(C(=O)N3CCC(C)CC3)C(N)c3ncc[nH]3)cc2c1. The second kappa shape index (κ2) is 8.97. The number of aryl methyl sites for hydroxylation is 1. The molecule has 1 aliphatic heterocycles. The van der Waals surface area contributed by atoms with Gasteiger partial charge in [-0.3, -0.25) is 9.78 Å². The number of pyridine rings is 1. The zero-order valence-corrected chi connectivity index (χ0v) is 19.0. The molecule has 3 heterocycles. The lowest BCUT2D eigenvalue weighted by Crippen LogP contribution is -2.55. The van der Waals surface area contributed by atoms with Crippen LogP contribution >= 0.6 is 0 Å². The molecule has 2 aromatic heterocycles. The molecule has 9 nitrogen and oxygen atoms in total. The van der Waals surface area contributed by atoms with E-state index >= 15 is 0 Å². The minimum Gasteiger partial charge on any atom is -0.347 e. The fourth-order valence-corrected chi connectivity index (χ4v) is 5.19. The maximum Gasteiger partial charge on any atom is 0.242 e. The fraction of sp³-hybridized carbons (Fsp3) is 0.409. The Hall–Kier alpha value is -2.82. The zero-order chi connectivity index (χ0) is 22.9. The number of carbonyl (C=O) groups is 1. The van der Waals surface area contributed by atoms with Crippen LogP contribution in [0, 0.1) is 12.8 Å². The van der Waals surface area contributed by atoms with Gasteiger partial charge in [-0.25, -0.2) is 13.4 Å². The smallest absolute Gasteiger partial charge is 0.242 e. The highest BCUT2D eigenvalue weighted by Gasteiger charge is 2.36. The molecule has 0 radical (unpaired) electrons. The van der Waals surface area contributed by atoms with Gasteiger partial charge >= 0.3 is 0 Å². The number of sulfonamides is 1. The summed E-state index contributed by atoms with van der Waals surface area (Å²) >= 11 is 0. The first-order valence-corrected chi connectivity index (χ1v) is 12.2. The first-order valence-electron chi connectivity index (χ1n) is 10.7. The van der Waals surface area contributed by atoms with Gasteiger partial charge in [-0.2, -0.15) is 4.72 Å². The number of aromatic nitrogens is 3. The van der Waals surface area contributed by atoms with Crippen LogP contribution in [0.25, 0.3) is 10.9 Å². The molecular weight excluding hydrogens is 428 g/mol. The average molecular weight is 457 g/mol. The number of imidazole rings is 1. The molecule has 0 spiro atoms. The number of amides is 1. The Kier molecular flexibility index (Phi) is 6.27. The van der Waals surface area contributed by atoms with Crippen LogP contribution in [0.2, 0.25) is 0 Å². The van der Waals surface area contributed by atoms with Crippen molar-refractivity contribution >= 4 is 26.8 Å². The van der Waals surface area contributed by atoms with E-state index in [0.29, 0.717) is 35.7 Å². The molecule has 1 fully saturated rings. The van der Waals surface area contributed by atoms with E-state index in [1.54, 1.807) is 29.4 Å².